The summed E-state index contributed by atoms with van der Waals surface area (Å²) in [6.07, 6.45) is 3.34. The Hall–Kier alpha value is -3.09. The second-order valence-corrected chi connectivity index (χ2v) is 7.91. The highest BCUT2D eigenvalue weighted by atomic mass is 16.4. The van der Waals surface area contributed by atoms with Crippen molar-refractivity contribution in [3.05, 3.63) is 47.7 Å². The molecule has 30 heavy (non-hydrogen) atoms. The number of amides is 3. The predicted molar refractivity (Wildman–Crippen MR) is 112 cm³/mol. The van der Waals surface area contributed by atoms with Gasteiger partial charge in [0.05, 0.1) is 0 Å². The van der Waals surface area contributed by atoms with Crippen LogP contribution in [-0.2, 0) is 0 Å². The minimum Gasteiger partial charge on any atom is -0.451 e. The number of piperazine rings is 1. The number of urea groups is 1. The van der Waals surface area contributed by atoms with E-state index in [0.29, 0.717) is 37.5 Å². The van der Waals surface area contributed by atoms with Crippen LogP contribution in [0, 0.1) is 0 Å². The largest absolute Gasteiger partial charge is 0.451 e. The molecule has 0 atom stereocenters. The lowest BCUT2D eigenvalue weighted by molar-refractivity contribution is 0.0605. The summed E-state index contributed by atoms with van der Waals surface area (Å²) >= 11 is 0. The molecule has 0 unspecified atom stereocenters. The Morgan fingerprint density at radius 1 is 0.733 bits per heavy atom. The van der Waals surface area contributed by atoms with E-state index in [9.17, 15) is 14.4 Å². The van der Waals surface area contributed by atoms with Gasteiger partial charge in [-0.25, -0.2) is 4.79 Å². The molecule has 3 heterocycles. The molecule has 0 N–H and O–H groups in total. The molecule has 7 nitrogen and oxygen atoms in total. The van der Waals surface area contributed by atoms with E-state index in [1.807, 2.05) is 21.9 Å². The van der Waals surface area contributed by atoms with Gasteiger partial charge in [-0.15, -0.1) is 0 Å². The Morgan fingerprint density at radius 3 is 1.97 bits per heavy atom. The topological polar surface area (TPSA) is 74.1 Å². The SMILES string of the molecule is CC(=O)c1ccc(-c2ccc(C(=O)N3CCN(C(=O)N4CCCCC4)CC3)o2)cc1. The molecular weight excluding hydrogens is 382 g/mol. The van der Waals surface area contributed by atoms with Crippen LogP contribution in [0.15, 0.2) is 40.8 Å². The molecule has 2 saturated heterocycles. The second-order valence-electron chi connectivity index (χ2n) is 7.91. The summed E-state index contributed by atoms with van der Waals surface area (Å²) in [6, 6.07) is 10.7. The summed E-state index contributed by atoms with van der Waals surface area (Å²) in [5.74, 6) is 0.727. The fourth-order valence-corrected chi connectivity index (χ4v) is 4.02. The Bertz CT molecular complexity index is 920. The second kappa shape index (κ2) is 8.73. The van der Waals surface area contributed by atoms with E-state index >= 15 is 0 Å². The molecule has 0 aliphatic carbocycles. The Labute approximate surface area is 176 Å². The van der Waals surface area contributed by atoms with Crippen LogP contribution < -0.4 is 0 Å². The van der Waals surface area contributed by atoms with Gasteiger partial charge in [-0.1, -0.05) is 24.3 Å². The zero-order valence-electron chi connectivity index (χ0n) is 17.3. The lowest BCUT2D eigenvalue weighted by atomic mass is 10.1. The highest BCUT2D eigenvalue weighted by Crippen LogP contribution is 2.24. The number of rotatable bonds is 3. The lowest BCUT2D eigenvalue weighted by Crippen LogP contribution is -2.54. The zero-order chi connectivity index (χ0) is 21.1. The summed E-state index contributed by atoms with van der Waals surface area (Å²) in [6.45, 7) is 5.28. The van der Waals surface area contributed by atoms with E-state index in [1.165, 1.54) is 13.3 Å². The highest BCUT2D eigenvalue weighted by molar-refractivity contribution is 5.94. The van der Waals surface area contributed by atoms with Crippen molar-refractivity contribution in [1.29, 1.82) is 0 Å². The number of ketones is 1. The summed E-state index contributed by atoms with van der Waals surface area (Å²) in [5, 5.41) is 0. The number of carbonyl (C=O) groups excluding carboxylic acids is 3. The summed E-state index contributed by atoms with van der Waals surface area (Å²) in [5.41, 5.74) is 1.45. The van der Waals surface area contributed by atoms with Gasteiger partial charge >= 0.3 is 6.03 Å². The van der Waals surface area contributed by atoms with Gasteiger partial charge in [0.15, 0.2) is 11.5 Å². The number of benzene rings is 1. The van der Waals surface area contributed by atoms with Crippen molar-refractivity contribution in [1.82, 2.24) is 14.7 Å². The average Bonchev–Trinajstić information content (AvgIpc) is 3.29. The van der Waals surface area contributed by atoms with Crippen molar-refractivity contribution in [2.75, 3.05) is 39.3 Å². The molecular formula is C23H27N3O4. The molecule has 0 saturated carbocycles. The monoisotopic (exact) mass is 409 g/mol. The molecule has 1 aromatic heterocycles. The van der Waals surface area contributed by atoms with Crippen molar-refractivity contribution >= 4 is 17.7 Å². The van der Waals surface area contributed by atoms with Gasteiger partial charge in [0.2, 0.25) is 0 Å². The van der Waals surface area contributed by atoms with Crippen molar-refractivity contribution in [2.24, 2.45) is 0 Å². The Balaban J connectivity index is 1.35. The minimum absolute atomic E-state index is 0.00905. The number of Topliss-reactive ketones (excluding diaryl/α,β-unsaturated/α-hetero) is 1. The number of carbonyl (C=O) groups is 3. The van der Waals surface area contributed by atoms with Crippen LogP contribution in [0.1, 0.15) is 47.1 Å². The fraction of sp³-hybridized carbons (Fsp3) is 0.435. The molecule has 1 aromatic carbocycles. The molecule has 2 fully saturated rings. The number of piperidine rings is 1. The molecule has 2 aliphatic rings. The number of nitrogens with zero attached hydrogens (tertiary/aromatic N) is 3. The Kier molecular flexibility index (Phi) is 5.88. The van der Waals surface area contributed by atoms with Gasteiger partial charge in [-0.3, -0.25) is 9.59 Å². The van der Waals surface area contributed by atoms with E-state index in [0.717, 1.165) is 31.5 Å². The van der Waals surface area contributed by atoms with Crippen LogP contribution in [-0.4, -0.2) is 71.7 Å². The van der Waals surface area contributed by atoms with Crippen molar-refractivity contribution in [2.45, 2.75) is 26.2 Å². The van der Waals surface area contributed by atoms with E-state index in [-0.39, 0.29) is 23.5 Å². The minimum atomic E-state index is -0.160. The third-order valence-corrected chi connectivity index (χ3v) is 5.86. The summed E-state index contributed by atoms with van der Waals surface area (Å²) in [4.78, 5) is 42.4. The molecule has 7 heteroatoms. The van der Waals surface area contributed by atoms with E-state index < -0.39 is 0 Å². The smallest absolute Gasteiger partial charge is 0.320 e. The fourth-order valence-electron chi connectivity index (χ4n) is 4.02. The van der Waals surface area contributed by atoms with Gasteiger partial charge in [0, 0.05) is 50.4 Å². The molecule has 3 amide bonds. The first-order valence-electron chi connectivity index (χ1n) is 10.6. The molecule has 0 radical (unpaired) electrons. The van der Waals surface area contributed by atoms with Crippen molar-refractivity contribution in [3.63, 3.8) is 0 Å². The van der Waals surface area contributed by atoms with Gasteiger partial charge in [-0.05, 0) is 38.3 Å². The number of likely N-dealkylation sites (tertiary alicyclic amines) is 1. The molecule has 2 aliphatic heterocycles. The third kappa shape index (κ3) is 4.25. The highest BCUT2D eigenvalue weighted by Gasteiger charge is 2.29. The van der Waals surface area contributed by atoms with Crippen LogP contribution in [0.3, 0.4) is 0 Å². The normalized spacial score (nSPS) is 17.2. The number of furan rings is 1. The average molecular weight is 409 g/mol. The first-order valence-corrected chi connectivity index (χ1v) is 10.6. The van der Waals surface area contributed by atoms with Gasteiger partial charge in [0.1, 0.15) is 5.76 Å². The van der Waals surface area contributed by atoms with Crippen LogP contribution in [0.2, 0.25) is 0 Å². The quantitative estimate of drug-likeness (QED) is 0.727. The van der Waals surface area contributed by atoms with E-state index in [4.69, 9.17) is 4.42 Å². The maximum absolute atomic E-state index is 12.8. The lowest BCUT2D eigenvalue weighted by Gasteiger charge is -2.38. The van der Waals surface area contributed by atoms with Crippen LogP contribution in [0.25, 0.3) is 11.3 Å². The van der Waals surface area contributed by atoms with Crippen molar-refractivity contribution < 1.29 is 18.8 Å². The summed E-state index contributed by atoms with van der Waals surface area (Å²) in [7, 11) is 0. The maximum Gasteiger partial charge on any atom is 0.320 e. The number of hydrogen-bond donors (Lipinski definition) is 0. The molecule has 2 aromatic rings. The van der Waals surface area contributed by atoms with Crippen LogP contribution in [0.4, 0.5) is 4.79 Å². The summed E-state index contributed by atoms with van der Waals surface area (Å²) < 4.78 is 5.79. The molecule has 0 spiro atoms. The zero-order valence-corrected chi connectivity index (χ0v) is 17.3. The maximum atomic E-state index is 12.8. The van der Waals surface area contributed by atoms with Crippen molar-refractivity contribution in [3.8, 4) is 11.3 Å². The van der Waals surface area contributed by atoms with E-state index in [1.54, 1.807) is 29.2 Å². The first kappa shape index (κ1) is 20.2. The van der Waals surface area contributed by atoms with Crippen LogP contribution >= 0.6 is 0 Å². The van der Waals surface area contributed by atoms with Gasteiger partial charge in [-0.2, -0.15) is 0 Å². The number of hydrogen-bond acceptors (Lipinski definition) is 4. The third-order valence-electron chi connectivity index (χ3n) is 5.86. The first-order chi connectivity index (χ1) is 14.5. The predicted octanol–water partition coefficient (Wildman–Crippen LogP) is 3.51. The van der Waals surface area contributed by atoms with Gasteiger partial charge < -0.3 is 19.1 Å². The molecule has 4 rings (SSSR count). The molecule has 158 valence electrons. The van der Waals surface area contributed by atoms with E-state index in [2.05, 4.69) is 0 Å². The van der Waals surface area contributed by atoms with Gasteiger partial charge in [0.25, 0.3) is 5.91 Å². The standard InChI is InChI=1S/C23H27N3O4/c1-17(27)18-5-7-19(8-6-18)20-9-10-21(30-20)22(28)24-13-15-26(16-14-24)23(29)25-11-3-2-4-12-25/h5-10H,2-4,11-16H2,1H3. The Morgan fingerprint density at radius 2 is 1.33 bits per heavy atom. The van der Waals surface area contributed by atoms with Crippen LogP contribution in [0.5, 0.6) is 0 Å². The molecule has 0 bridgehead atoms.